The molecule has 7 nitrogen and oxygen atoms in total. The van der Waals surface area contributed by atoms with Crippen LogP contribution in [0.2, 0.25) is 5.02 Å². The zero-order valence-corrected chi connectivity index (χ0v) is 14.4. The zero-order valence-electron chi connectivity index (χ0n) is 13.6. The Bertz CT molecular complexity index is 852. The van der Waals surface area contributed by atoms with Gasteiger partial charge in [-0.1, -0.05) is 23.7 Å². The van der Waals surface area contributed by atoms with Crippen LogP contribution in [-0.4, -0.2) is 28.0 Å². The topological polar surface area (TPSA) is 96.0 Å². The number of hydrogen-bond acceptors (Lipinski definition) is 5. The molecule has 1 aromatic carbocycles. The van der Waals surface area contributed by atoms with Crippen molar-refractivity contribution >= 4 is 29.4 Å². The maximum atomic E-state index is 12.1. The van der Waals surface area contributed by atoms with Gasteiger partial charge >= 0.3 is 12.1 Å². The Morgan fingerprint density at radius 2 is 1.63 bits per heavy atom. The highest BCUT2D eigenvalue weighted by Gasteiger charge is 2.45. The van der Waals surface area contributed by atoms with E-state index in [2.05, 4.69) is 15.3 Å². The smallest absolute Gasteiger partial charge is 0.345 e. The average Bonchev–Trinajstić information content (AvgIpc) is 3.40. The normalized spacial score (nSPS) is 15.0. The number of aromatic nitrogens is 2. The van der Waals surface area contributed by atoms with Gasteiger partial charge in [-0.25, -0.2) is 9.97 Å². The summed E-state index contributed by atoms with van der Waals surface area (Å²) in [5, 5.41) is 3.81. The van der Waals surface area contributed by atoms with Crippen LogP contribution in [0.3, 0.4) is 0 Å². The van der Waals surface area contributed by atoms with E-state index in [4.69, 9.17) is 11.6 Å². The summed E-state index contributed by atoms with van der Waals surface area (Å²) in [4.78, 5) is 30.4. The molecule has 1 heterocycles. The van der Waals surface area contributed by atoms with Crippen molar-refractivity contribution < 1.29 is 22.8 Å². The van der Waals surface area contributed by atoms with Gasteiger partial charge in [0.2, 0.25) is 5.95 Å². The van der Waals surface area contributed by atoms with Crippen molar-refractivity contribution in [2.45, 2.75) is 24.6 Å². The van der Waals surface area contributed by atoms with Crippen LogP contribution in [0.5, 0.6) is 0 Å². The van der Waals surface area contributed by atoms with E-state index in [0.29, 0.717) is 5.02 Å². The van der Waals surface area contributed by atoms with E-state index in [1.54, 1.807) is 17.6 Å². The number of hydrogen-bond donors (Lipinski definition) is 3. The van der Waals surface area contributed by atoms with Crippen LogP contribution in [0.15, 0.2) is 36.7 Å². The minimum atomic E-state index is -5.10. The Kier molecular flexibility index (Phi) is 4.92. The number of amides is 2. The number of alkyl halides is 3. The minimum Gasteiger partial charge on any atom is -0.345 e. The van der Waals surface area contributed by atoms with E-state index in [0.717, 1.165) is 30.8 Å². The highest BCUT2D eigenvalue weighted by molar-refractivity contribution is 6.30. The van der Waals surface area contributed by atoms with E-state index in [-0.39, 0.29) is 17.1 Å². The third kappa shape index (κ3) is 4.45. The van der Waals surface area contributed by atoms with Crippen LogP contribution < -0.4 is 16.2 Å². The molecular formula is C16H13ClF3N5O2. The summed E-state index contributed by atoms with van der Waals surface area (Å²) in [5.74, 6) is -3.00. The summed E-state index contributed by atoms with van der Waals surface area (Å²) in [5.41, 5.74) is 3.51. The first-order valence-corrected chi connectivity index (χ1v) is 8.11. The number of nitrogens with zero attached hydrogens (tertiary/aromatic N) is 2. The van der Waals surface area contributed by atoms with Crippen LogP contribution in [0.4, 0.5) is 19.1 Å². The number of hydrazine groups is 1. The second kappa shape index (κ2) is 7.03. The molecule has 0 aliphatic heterocycles. The van der Waals surface area contributed by atoms with E-state index >= 15 is 0 Å². The zero-order chi connectivity index (χ0) is 19.7. The van der Waals surface area contributed by atoms with Gasteiger partial charge in [-0.2, -0.15) is 13.2 Å². The van der Waals surface area contributed by atoms with Gasteiger partial charge in [-0.3, -0.25) is 20.4 Å². The van der Waals surface area contributed by atoms with Crippen LogP contribution >= 0.6 is 11.6 Å². The van der Waals surface area contributed by atoms with Gasteiger partial charge < -0.3 is 5.32 Å². The predicted molar refractivity (Wildman–Crippen MR) is 89.7 cm³/mol. The Labute approximate surface area is 156 Å². The number of carbonyl (C=O) groups is 2. The fraction of sp³-hybridized carbons (Fsp3) is 0.250. The number of rotatable bonds is 4. The Balaban J connectivity index is 1.61. The third-order valence-electron chi connectivity index (χ3n) is 3.96. The van der Waals surface area contributed by atoms with E-state index in [1.165, 1.54) is 5.43 Å². The number of benzene rings is 1. The number of halogens is 4. The summed E-state index contributed by atoms with van der Waals surface area (Å²) in [7, 11) is 0. The second-order valence-electron chi connectivity index (χ2n) is 5.92. The summed E-state index contributed by atoms with van der Waals surface area (Å²) in [6.07, 6.45) is -1.09. The Morgan fingerprint density at radius 1 is 1.04 bits per heavy atom. The van der Waals surface area contributed by atoms with Gasteiger partial charge in [0.15, 0.2) is 0 Å². The lowest BCUT2D eigenvalue weighted by Gasteiger charge is -2.18. The Hall–Kier alpha value is -2.88. The maximum absolute atomic E-state index is 12.1. The number of carbonyl (C=O) groups excluding carboxylic acids is 2. The molecule has 27 heavy (non-hydrogen) atoms. The quantitative estimate of drug-likeness (QED) is 0.687. The highest BCUT2D eigenvalue weighted by atomic mass is 35.5. The maximum Gasteiger partial charge on any atom is 0.472 e. The monoisotopic (exact) mass is 399 g/mol. The molecule has 1 saturated carbocycles. The lowest BCUT2D eigenvalue weighted by Crippen LogP contribution is -2.47. The largest absolute Gasteiger partial charge is 0.472 e. The molecule has 0 unspecified atom stereocenters. The molecule has 1 fully saturated rings. The molecule has 1 aliphatic carbocycles. The van der Waals surface area contributed by atoms with Crippen LogP contribution in [0.25, 0.3) is 0 Å². The van der Waals surface area contributed by atoms with Gasteiger partial charge in [0.25, 0.3) is 5.91 Å². The minimum absolute atomic E-state index is 0.112. The average molecular weight is 400 g/mol. The van der Waals surface area contributed by atoms with Crippen LogP contribution in [0, 0.1) is 0 Å². The first-order chi connectivity index (χ1) is 12.7. The van der Waals surface area contributed by atoms with Gasteiger partial charge in [0.05, 0.1) is 11.1 Å². The van der Waals surface area contributed by atoms with Crippen molar-refractivity contribution in [3.8, 4) is 0 Å². The van der Waals surface area contributed by atoms with Gasteiger partial charge in [0.1, 0.15) is 0 Å². The first kappa shape index (κ1) is 18.9. The lowest BCUT2D eigenvalue weighted by molar-refractivity contribution is -0.174. The molecule has 0 saturated heterocycles. The van der Waals surface area contributed by atoms with Gasteiger partial charge in [-0.15, -0.1) is 0 Å². The van der Waals surface area contributed by atoms with Gasteiger partial charge in [-0.05, 0) is 30.5 Å². The molecular weight excluding hydrogens is 387 g/mol. The van der Waals surface area contributed by atoms with Crippen molar-refractivity contribution in [2.75, 3.05) is 5.32 Å². The molecule has 1 aliphatic rings. The lowest BCUT2D eigenvalue weighted by atomic mass is 10.1. The van der Waals surface area contributed by atoms with Crippen LogP contribution in [-0.2, 0) is 10.3 Å². The number of nitrogens with one attached hydrogen (secondary N) is 3. The fourth-order valence-corrected chi connectivity index (χ4v) is 2.49. The standard InChI is InChI=1S/C16H13ClF3N5O2/c17-11-3-1-10(2-4-11)15(5-6-15)23-14-21-7-9(8-22-14)12(26)24-25-13(27)16(18,19)20/h1-4,7-8H,5-6H2,(H,24,26)(H,25,27)(H,21,22,23). The summed E-state index contributed by atoms with van der Waals surface area (Å²) in [6.45, 7) is 0. The molecule has 2 amide bonds. The molecule has 11 heteroatoms. The van der Waals surface area contributed by atoms with E-state index in [9.17, 15) is 22.8 Å². The molecule has 0 radical (unpaired) electrons. The van der Waals surface area contributed by atoms with Crippen LogP contribution in [0.1, 0.15) is 28.8 Å². The predicted octanol–water partition coefficient (Wildman–Crippen LogP) is 2.55. The van der Waals surface area contributed by atoms with Crippen molar-refractivity contribution in [1.29, 1.82) is 0 Å². The Morgan fingerprint density at radius 3 is 2.15 bits per heavy atom. The SMILES string of the molecule is O=C(NNC(=O)C(F)(F)F)c1cnc(NC2(c3ccc(Cl)cc3)CC2)nc1. The molecule has 3 N–H and O–H groups in total. The fourth-order valence-electron chi connectivity index (χ4n) is 2.36. The summed E-state index contributed by atoms with van der Waals surface area (Å²) < 4.78 is 36.2. The third-order valence-corrected chi connectivity index (χ3v) is 4.21. The van der Waals surface area contributed by atoms with E-state index in [1.807, 2.05) is 12.1 Å². The van der Waals surface area contributed by atoms with Gasteiger partial charge in [0, 0.05) is 17.4 Å². The first-order valence-electron chi connectivity index (χ1n) is 7.73. The number of anilines is 1. The molecule has 0 bridgehead atoms. The van der Waals surface area contributed by atoms with Crippen molar-refractivity contribution in [3.63, 3.8) is 0 Å². The molecule has 2 aromatic rings. The molecule has 3 rings (SSSR count). The molecule has 0 spiro atoms. The highest BCUT2D eigenvalue weighted by Crippen LogP contribution is 2.47. The molecule has 0 atom stereocenters. The van der Waals surface area contributed by atoms with Crippen molar-refractivity contribution in [1.82, 2.24) is 20.8 Å². The molecule has 142 valence electrons. The summed E-state index contributed by atoms with van der Waals surface area (Å²) >= 11 is 5.89. The van der Waals surface area contributed by atoms with E-state index < -0.39 is 18.0 Å². The second-order valence-corrected chi connectivity index (χ2v) is 6.35. The summed E-state index contributed by atoms with van der Waals surface area (Å²) in [6, 6.07) is 7.35. The molecule has 1 aromatic heterocycles. The van der Waals surface area contributed by atoms with Crippen molar-refractivity contribution in [3.05, 3.63) is 52.8 Å². The van der Waals surface area contributed by atoms with Crippen molar-refractivity contribution in [2.24, 2.45) is 0 Å².